The second-order valence-corrected chi connectivity index (χ2v) is 4.29. The van der Waals surface area contributed by atoms with E-state index in [2.05, 4.69) is 5.32 Å². The lowest BCUT2D eigenvalue weighted by atomic mass is 10.0. The van der Waals surface area contributed by atoms with Crippen LogP contribution in [0.2, 0.25) is 0 Å². The van der Waals surface area contributed by atoms with Gasteiger partial charge in [0.25, 0.3) is 0 Å². The van der Waals surface area contributed by atoms with E-state index in [4.69, 9.17) is 16.6 Å². The first-order valence-electron chi connectivity index (χ1n) is 4.71. The summed E-state index contributed by atoms with van der Waals surface area (Å²) >= 11 is 0. The third-order valence-electron chi connectivity index (χ3n) is 1.65. The Balaban J connectivity index is 4.35. The summed E-state index contributed by atoms with van der Waals surface area (Å²) in [5.41, 5.74) is 9.71. The summed E-state index contributed by atoms with van der Waals surface area (Å²) in [6.07, 6.45) is -0.471. The first-order valence-corrected chi connectivity index (χ1v) is 4.71. The largest absolute Gasteiger partial charge is 0.480 e. The molecular formula is C9H17N3O4. The Hall–Kier alpha value is -1.63. The number of hydrogen-bond donors (Lipinski definition) is 4. The molecule has 0 aliphatic rings. The molecule has 7 heteroatoms. The van der Waals surface area contributed by atoms with Crippen molar-refractivity contribution in [3.8, 4) is 0 Å². The Kier molecular flexibility index (Phi) is 4.90. The Morgan fingerprint density at radius 1 is 1.38 bits per heavy atom. The quantitative estimate of drug-likeness (QED) is 0.444. The first-order chi connectivity index (χ1) is 7.11. The van der Waals surface area contributed by atoms with Crippen molar-refractivity contribution < 1.29 is 19.5 Å². The fourth-order valence-corrected chi connectivity index (χ4v) is 1.06. The molecule has 0 aliphatic carbocycles. The molecule has 1 atom stereocenters. The second-order valence-electron chi connectivity index (χ2n) is 4.29. The minimum Gasteiger partial charge on any atom is -0.480 e. The summed E-state index contributed by atoms with van der Waals surface area (Å²) in [4.78, 5) is 32.6. The molecule has 16 heavy (non-hydrogen) atoms. The lowest BCUT2D eigenvalue weighted by Crippen LogP contribution is -2.46. The number of nitrogens with one attached hydrogen (secondary N) is 1. The predicted molar refractivity (Wildman–Crippen MR) is 56.3 cm³/mol. The minimum atomic E-state index is -1.30. The van der Waals surface area contributed by atoms with E-state index in [-0.39, 0.29) is 6.42 Å². The summed E-state index contributed by atoms with van der Waals surface area (Å²) in [6, 6.07) is -1.30. The summed E-state index contributed by atoms with van der Waals surface area (Å²) < 4.78 is 0. The molecule has 92 valence electrons. The van der Waals surface area contributed by atoms with E-state index in [0.717, 1.165) is 0 Å². The number of carboxylic acid groups (broad SMARTS) is 1. The minimum absolute atomic E-state index is 0.0322. The molecule has 0 fully saturated rings. The van der Waals surface area contributed by atoms with E-state index >= 15 is 0 Å². The molecule has 0 saturated carbocycles. The zero-order valence-electron chi connectivity index (χ0n) is 9.32. The van der Waals surface area contributed by atoms with Crippen LogP contribution in [0.5, 0.6) is 0 Å². The normalized spacial score (nSPS) is 12.9. The Labute approximate surface area is 93.2 Å². The number of carboxylic acids is 1. The summed E-state index contributed by atoms with van der Waals surface area (Å²) in [7, 11) is 0. The summed E-state index contributed by atoms with van der Waals surface area (Å²) in [5, 5.41) is 10.9. The third-order valence-corrected chi connectivity index (χ3v) is 1.65. The SMILES string of the molecule is CC(C)(N)CC(=O)N[C@H](CC(N)=O)C(=O)O. The van der Waals surface area contributed by atoms with Crippen molar-refractivity contribution in [2.24, 2.45) is 11.5 Å². The molecule has 0 bridgehead atoms. The smallest absolute Gasteiger partial charge is 0.326 e. The van der Waals surface area contributed by atoms with Crippen LogP contribution in [0.1, 0.15) is 26.7 Å². The van der Waals surface area contributed by atoms with Crippen LogP contribution in [-0.4, -0.2) is 34.5 Å². The molecule has 0 aromatic carbocycles. The lowest BCUT2D eigenvalue weighted by molar-refractivity contribution is -0.143. The molecule has 0 spiro atoms. The van der Waals surface area contributed by atoms with Crippen LogP contribution in [0.3, 0.4) is 0 Å². The molecule has 0 heterocycles. The standard InChI is InChI=1S/C9H17N3O4/c1-9(2,11)4-7(14)12-5(8(15)16)3-6(10)13/h5H,3-4,11H2,1-2H3,(H2,10,13)(H,12,14)(H,15,16)/t5-/m1/s1. The highest BCUT2D eigenvalue weighted by molar-refractivity contribution is 5.88. The van der Waals surface area contributed by atoms with Crippen molar-refractivity contribution in [1.29, 1.82) is 0 Å². The number of amides is 2. The molecule has 0 saturated heterocycles. The molecule has 0 unspecified atom stereocenters. The van der Waals surface area contributed by atoms with E-state index in [1.54, 1.807) is 13.8 Å². The Morgan fingerprint density at radius 3 is 2.19 bits per heavy atom. The van der Waals surface area contributed by atoms with Gasteiger partial charge in [-0.1, -0.05) is 0 Å². The molecule has 6 N–H and O–H groups in total. The highest BCUT2D eigenvalue weighted by atomic mass is 16.4. The zero-order valence-corrected chi connectivity index (χ0v) is 9.32. The second kappa shape index (κ2) is 5.45. The van der Waals surface area contributed by atoms with Crippen molar-refractivity contribution in [2.75, 3.05) is 0 Å². The predicted octanol–water partition coefficient (Wildman–Crippen LogP) is -1.44. The van der Waals surface area contributed by atoms with Gasteiger partial charge in [0.1, 0.15) is 6.04 Å². The highest BCUT2D eigenvalue weighted by Gasteiger charge is 2.24. The van der Waals surface area contributed by atoms with Gasteiger partial charge in [-0.15, -0.1) is 0 Å². The maximum absolute atomic E-state index is 11.3. The number of primary amides is 1. The van der Waals surface area contributed by atoms with Crippen LogP contribution in [0.4, 0.5) is 0 Å². The summed E-state index contributed by atoms with van der Waals surface area (Å²) in [5.74, 6) is -2.62. The molecule has 0 aromatic rings. The van der Waals surface area contributed by atoms with E-state index in [9.17, 15) is 14.4 Å². The fourth-order valence-electron chi connectivity index (χ4n) is 1.06. The van der Waals surface area contributed by atoms with E-state index < -0.39 is 35.8 Å². The van der Waals surface area contributed by atoms with Crippen LogP contribution in [0.15, 0.2) is 0 Å². The molecule has 0 aromatic heterocycles. The van der Waals surface area contributed by atoms with Gasteiger partial charge in [-0.2, -0.15) is 0 Å². The Bertz CT molecular complexity index is 296. The number of nitrogens with two attached hydrogens (primary N) is 2. The number of aliphatic carboxylic acids is 1. The van der Waals surface area contributed by atoms with Crippen molar-refractivity contribution in [3.63, 3.8) is 0 Å². The maximum atomic E-state index is 11.3. The van der Waals surface area contributed by atoms with Crippen molar-refractivity contribution in [1.82, 2.24) is 5.32 Å². The fraction of sp³-hybridized carbons (Fsp3) is 0.667. The van der Waals surface area contributed by atoms with E-state index in [0.29, 0.717) is 0 Å². The van der Waals surface area contributed by atoms with Gasteiger partial charge in [0.2, 0.25) is 11.8 Å². The van der Waals surface area contributed by atoms with Gasteiger partial charge in [-0.25, -0.2) is 4.79 Å². The highest BCUT2D eigenvalue weighted by Crippen LogP contribution is 2.03. The monoisotopic (exact) mass is 231 g/mol. The van der Waals surface area contributed by atoms with Crippen molar-refractivity contribution in [3.05, 3.63) is 0 Å². The van der Waals surface area contributed by atoms with E-state index in [1.807, 2.05) is 0 Å². The molecular weight excluding hydrogens is 214 g/mol. The number of carbonyl (C=O) groups is 3. The third kappa shape index (κ3) is 6.77. The van der Waals surface area contributed by atoms with Crippen LogP contribution in [-0.2, 0) is 14.4 Å². The summed E-state index contributed by atoms with van der Waals surface area (Å²) in [6.45, 7) is 3.27. The van der Waals surface area contributed by atoms with Gasteiger partial charge in [0.05, 0.1) is 6.42 Å². The van der Waals surface area contributed by atoms with Gasteiger partial charge < -0.3 is 21.9 Å². The van der Waals surface area contributed by atoms with Gasteiger partial charge >= 0.3 is 5.97 Å². The number of rotatable bonds is 6. The average molecular weight is 231 g/mol. The molecule has 2 amide bonds. The van der Waals surface area contributed by atoms with Gasteiger partial charge in [-0.3, -0.25) is 9.59 Å². The Morgan fingerprint density at radius 2 is 1.88 bits per heavy atom. The first kappa shape index (κ1) is 14.4. The van der Waals surface area contributed by atoms with Crippen LogP contribution >= 0.6 is 0 Å². The van der Waals surface area contributed by atoms with Crippen molar-refractivity contribution in [2.45, 2.75) is 38.3 Å². The van der Waals surface area contributed by atoms with Gasteiger partial charge in [-0.05, 0) is 13.8 Å². The van der Waals surface area contributed by atoms with Crippen molar-refractivity contribution >= 4 is 17.8 Å². The maximum Gasteiger partial charge on any atom is 0.326 e. The van der Waals surface area contributed by atoms with Crippen LogP contribution in [0, 0.1) is 0 Å². The zero-order chi connectivity index (χ0) is 12.9. The number of carbonyl (C=O) groups excluding carboxylic acids is 2. The van der Waals surface area contributed by atoms with Crippen LogP contribution in [0.25, 0.3) is 0 Å². The molecule has 0 radical (unpaired) electrons. The molecule has 0 rings (SSSR count). The van der Waals surface area contributed by atoms with Gasteiger partial charge in [0, 0.05) is 12.0 Å². The van der Waals surface area contributed by atoms with E-state index in [1.165, 1.54) is 0 Å². The molecule has 0 aliphatic heterocycles. The number of hydrogen-bond acceptors (Lipinski definition) is 4. The topological polar surface area (TPSA) is 136 Å². The lowest BCUT2D eigenvalue weighted by Gasteiger charge is -2.19. The average Bonchev–Trinajstić information content (AvgIpc) is 1.97. The molecule has 7 nitrogen and oxygen atoms in total. The van der Waals surface area contributed by atoms with Crippen LogP contribution < -0.4 is 16.8 Å². The van der Waals surface area contributed by atoms with Gasteiger partial charge in [0.15, 0.2) is 0 Å².